The molecule has 0 spiro atoms. The number of hydrogen-bond donors (Lipinski definition) is 2. The second kappa shape index (κ2) is 13.1. The molecule has 1 atom stereocenters. The van der Waals surface area contributed by atoms with Gasteiger partial charge in [-0.25, -0.2) is 4.68 Å². The standard InChI is InChI=1S/C34H38BrN5O3S/c1-9-44-34-38-33-36-23(7)29(32(41)37-27-12-10-11-18(2)22(27)6)30(40(33)39-34)24-15-26(35)31(28(16-24)42-8)43-17-25-14-20(4)19(3)13-21(25)5/h10-16,30H,9,17H2,1-8H3,(H,37,41)(H,36,38,39). The number of ether oxygens (including phenoxy) is 2. The van der Waals surface area contributed by atoms with E-state index in [-0.39, 0.29) is 5.91 Å². The van der Waals surface area contributed by atoms with Gasteiger partial charge in [-0.3, -0.25) is 4.79 Å². The molecule has 1 aliphatic rings. The van der Waals surface area contributed by atoms with Gasteiger partial charge >= 0.3 is 0 Å². The predicted octanol–water partition coefficient (Wildman–Crippen LogP) is 8.21. The summed E-state index contributed by atoms with van der Waals surface area (Å²) < 4.78 is 14.7. The summed E-state index contributed by atoms with van der Waals surface area (Å²) in [4.78, 5) is 18.8. The van der Waals surface area contributed by atoms with Crippen LogP contribution in [0.15, 0.2) is 63.4 Å². The molecule has 0 saturated heterocycles. The molecule has 230 valence electrons. The molecule has 1 unspecified atom stereocenters. The number of methoxy groups -OCH3 is 1. The number of aryl methyl sites for hydroxylation is 4. The average molecular weight is 677 g/mol. The van der Waals surface area contributed by atoms with Crippen molar-refractivity contribution in [3.63, 3.8) is 0 Å². The van der Waals surface area contributed by atoms with Crippen molar-refractivity contribution in [2.45, 2.75) is 66.3 Å². The third kappa shape index (κ3) is 6.23. The summed E-state index contributed by atoms with van der Waals surface area (Å²) in [6.45, 7) is 14.7. The molecular formula is C34H38BrN5O3S. The number of amides is 1. The number of allylic oxidation sites excluding steroid dienone is 1. The molecule has 0 fully saturated rings. The quantitative estimate of drug-likeness (QED) is 0.173. The molecule has 0 saturated carbocycles. The summed E-state index contributed by atoms with van der Waals surface area (Å²) in [5.41, 5.74) is 9.69. The summed E-state index contributed by atoms with van der Waals surface area (Å²) >= 11 is 5.30. The van der Waals surface area contributed by atoms with Crippen LogP contribution in [0.3, 0.4) is 0 Å². The smallest absolute Gasteiger partial charge is 0.255 e. The van der Waals surface area contributed by atoms with Gasteiger partial charge in [-0.1, -0.05) is 43.0 Å². The first kappa shape index (κ1) is 31.7. The lowest BCUT2D eigenvalue weighted by atomic mass is 9.94. The SMILES string of the molecule is CCSc1nc2n(n1)C(c1cc(Br)c(OCc3cc(C)c(C)cc3C)c(OC)c1)C(C(=O)Nc1cccc(C)c1C)=C(C)N2. The van der Waals surface area contributed by atoms with Crippen molar-refractivity contribution in [2.75, 3.05) is 23.5 Å². The highest BCUT2D eigenvalue weighted by Crippen LogP contribution is 2.43. The highest BCUT2D eigenvalue weighted by molar-refractivity contribution is 9.10. The molecular weight excluding hydrogens is 638 g/mol. The van der Waals surface area contributed by atoms with Gasteiger partial charge in [0.15, 0.2) is 11.5 Å². The van der Waals surface area contributed by atoms with Crippen LogP contribution in [0.2, 0.25) is 0 Å². The van der Waals surface area contributed by atoms with Crippen LogP contribution < -0.4 is 20.1 Å². The Labute approximate surface area is 271 Å². The summed E-state index contributed by atoms with van der Waals surface area (Å²) in [6, 6.07) is 13.6. The maximum atomic E-state index is 14.1. The third-order valence-electron chi connectivity index (χ3n) is 8.10. The lowest BCUT2D eigenvalue weighted by molar-refractivity contribution is -0.113. The number of carbonyl (C=O) groups excluding carboxylic acids is 1. The molecule has 2 heterocycles. The molecule has 1 aromatic heterocycles. The van der Waals surface area contributed by atoms with Gasteiger partial charge in [0.05, 0.1) is 17.2 Å². The van der Waals surface area contributed by atoms with Crippen LogP contribution in [0.5, 0.6) is 11.5 Å². The first-order valence-electron chi connectivity index (χ1n) is 14.5. The van der Waals surface area contributed by atoms with Crippen molar-refractivity contribution in [3.05, 3.63) is 97.2 Å². The largest absolute Gasteiger partial charge is 0.493 e. The summed E-state index contributed by atoms with van der Waals surface area (Å²) in [5.74, 6) is 2.32. The predicted molar refractivity (Wildman–Crippen MR) is 181 cm³/mol. The van der Waals surface area contributed by atoms with Gasteiger partial charge in [-0.05, 0) is 120 Å². The first-order chi connectivity index (χ1) is 21.0. The molecule has 2 N–H and O–H groups in total. The lowest BCUT2D eigenvalue weighted by Gasteiger charge is -2.29. The summed E-state index contributed by atoms with van der Waals surface area (Å²) in [7, 11) is 1.62. The van der Waals surface area contributed by atoms with E-state index in [1.165, 1.54) is 16.7 Å². The van der Waals surface area contributed by atoms with Gasteiger partial charge < -0.3 is 20.1 Å². The molecule has 3 aromatic carbocycles. The van der Waals surface area contributed by atoms with Crippen molar-refractivity contribution in [1.29, 1.82) is 0 Å². The monoisotopic (exact) mass is 675 g/mol. The minimum Gasteiger partial charge on any atom is -0.493 e. The topological polar surface area (TPSA) is 90.3 Å². The van der Waals surface area contributed by atoms with E-state index in [9.17, 15) is 4.79 Å². The Hall–Kier alpha value is -3.76. The number of benzene rings is 3. The number of nitrogens with one attached hydrogen (secondary N) is 2. The Balaban J connectivity index is 1.56. The van der Waals surface area contributed by atoms with Crippen LogP contribution in [0.25, 0.3) is 0 Å². The van der Waals surface area contributed by atoms with Crippen molar-refractivity contribution < 1.29 is 14.3 Å². The van der Waals surface area contributed by atoms with E-state index in [2.05, 4.69) is 66.4 Å². The molecule has 10 heteroatoms. The summed E-state index contributed by atoms with van der Waals surface area (Å²) in [6.07, 6.45) is 0. The third-order valence-corrected chi connectivity index (χ3v) is 9.40. The second-order valence-corrected chi connectivity index (χ2v) is 13.1. The van der Waals surface area contributed by atoms with Crippen LogP contribution in [-0.4, -0.2) is 33.5 Å². The molecule has 1 amide bonds. The van der Waals surface area contributed by atoms with Crippen LogP contribution in [0, 0.1) is 34.6 Å². The van der Waals surface area contributed by atoms with E-state index < -0.39 is 6.04 Å². The van der Waals surface area contributed by atoms with Gasteiger partial charge in [-0.2, -0.15) is 4.98 Å². The van der Waals surface area contributed by atoms with Crippen LogP contribution in [0.1, 0.15) is 58.8 Å². The Morgan fingerprint density at radius 2 is 1.80 bits per heavy atom. The van der Waals surface area contributed by atoms with Crippen LogP contribution in [-0.2, 0) is 11.4 Å². The lowest BCUT2D eigenvalue weighted by Crippen LogP contribution is -2.31. The fourth-order valence-corrected chi connectivity index (χ4v) is 6.49. The zero-order valence-electron chi connectivity index (χ0n) is 26.4. The molecule has 0 bridgehead atoms. The normalized spacial score (nSPS) is 14.2. The number of anilines is 2. The number of hydrogen-bond acceptors (Lipinski definition) is 7. The highest BCUT2D eigenvalue weighted by Gasteiger charge is 2.35. The molecule has 44 heavy (non-hydrogen) atoms. The maximum Gasteiger partial charge on any atom is 0.255 e. The Morgan fingerprint density at radius 3 is 2.52 bits per heavy atom. The summed E-state index contributed by atoms with van der Waals surface area (Å²) in [5, 5.41) is 11.9. The van der Waals surface area contributed by atoms with E-state index in [0.717, 1.165) is 33.7 Å². The van der Waals surface area contributed by atoms with Gasteiger partial charge in [0.1, 0.15) is 12.6 Å². The van der Waals surface area contributed by atoms with Crippen molar-refractivity contribution >= 4 is 45.2 Å². The van der Waals surface area contributed by atoms with Crippen molar-refractivity contribution in [3.8, 4) is 11.5 Å². The van der Waals surface area contributed by atoms with E-state index >= 15 is 0 Å². The number of fused-ring (bicyclic) bond motifs is 1. The van der Waals surface area contributed by atoms with Gasteiger partial charge in [0.25, 0.3) is 5.91 Å². The number of rotatable bonds is 9. The Bertz CT molecular complexity index is 1780. The fraction of sp³-hybridized carbons (Fsp3) is 0.324. The Morgan fingerprint density at radius 1 is 1.05 bits per heavy atom. The number of carbonyl (C=O) groups is 1. The minimum atomic E-state index is -0.573. The van der Waals surface area contributed by atoms with Gasteiger partial charge in [-0.15, -0.1) is 5.10 Å². The number of nitrogens with zero attached hydrogens (tertiary/aromatic N) is 3. The molecule has 0 aliphatic carbocycles. The van der Waals surface area contributed by atoms with Gasteiger partial charge in [0, 0.05) is 11.4 Å². The molecule has 1 aliphatic heterocycles. The van der Waals surface area contributed by atoms with Crippen LogP contribution in [0.4, 0.5) is 11.6 Å². The molecule has 5 rings (SSSR count). The molecule has 8 nitrogen and oxygen atoms in total. The zero-order valence-corrected chi connectivity index (χ0v) is 28.8. The average Bonchev–Trinajstić information content (AvgIpc) is 3.38. The van der Waals surface area contributed by atoms with E-state index in [1.807, 2.05) is 51.1 Å². The molecule has 4 aromatic rings. The fourth-order valence-electron chi connectivity index (χ4n) is 5.36. The number of aromatic nitrogens is 3. The second-order valence-electron chi connectivity index (χ2n) is 11.0. The van der Waals surface area contributed by atoms with E-state index in [0.29, 0.717) is 45.0 Å². The van der Waals surface area contributed by atoms with E-state index in [4.69, 9.17) is 19.6 Å². The first-order valence-corrected chi connectivity index (χ1v) is 16.3. The maximum absolute atomic E-state index is 14.1. The number of thioether (sulfide) groups is 1. The van der Waals surface area contributed by atoms with Crippen molar-refractivity contribution in [2.24, 2.45) is 0 Å². The Kier molecular flexibility index (Phi) is 9.41. The van der Waals surface area contributed by atoms with Gasteiger partial charge in [0.2, 0.25) is 11.1 Å². The van der Waals surface area contributed by atoms with Crippen molar-refractivity contribution in [1.82, 2.24) is 14.8 Å². The minimum absolute atomic E-state index is 0.222. The zero-order chi connectivity index (χ0) is 31.7. The number of halogens is 1. The van der Waals surface area contributed by atoms with E-state index in [1.54, 1.807) is 23.6 Å². The van der Waals surface area contributed by atoms with Crippen LogP contribution >= 0.6 is 27.7 Å². The molecule has 0 radical (unpaired) electrons. The highest BCUT2D eigenvalue weighted by atomic mass is 79.9.